The highest BCUT2D eigenvalue weighted by molar-refractivity contribution is 6.50. The van der Waals surface area contributed by atoms with Crippen LogP contribution in [0.3, 0.4) is 0 Å². The molecule has 0 fully saturated rings. The first kappa shape index (κ1) is 25.6. The zero-order valence-electron chi connectivity index (χ0n) is 23.0. The molecule has 0 saturated carbocycles. The number of rotatable bonds is 9. The number of para-hydroxylation sites is 1. The Kier molecular flexibility index (Phi) is 6.74. The lowest BCUT2D eigenvalue weighted by atomic mass is 9.95. The first-order valence-electron chi connectivity index (χ1n) is 13.5. The van der Waals surface area contributed by atoms with Crippen molar-refractivity contribution < 1.29 is 14.3 Å². The van der Waals surface area contributed by atoms with Gasteiger partial charge in [-0.25, -0.2) is 0 Å². The van der Waals surface area contributed by atoms with Crippen LogP contribution in [-0.2, 0) is 29.8 Å². The molecular formula is C33H32N4O3. The molecule has 0 bridgehead atoms. The second kappa shape index (κ2) is 10.5. The fourth-order valence-electron chi connectivity index (χ4n) is 5.56. The Morgan fingerprint density at radius 3 is 2.25 bits per heavy atom. The summed E-state index contributed by atoms with van der Waals surface area (Å²) in [5.74, 6) is -0.0436. The second-order valence-corrected chi connectivity index (χ2v) is 10.6. The molecule has 202 valence electrons. The molecule has 1 N–H and O–H groups in total. The molecule has 6 rings (SSSR count). The minimum atomic E-state index is -0.379. The lowest BCUT2D eigenvalue weighted by molar-refractivity contribution is -0.122. The van der Waals surface area contributed by atoms with Crippen LogP contribution in [-0.4, -0.2) is 46.5 Å². The van der Waals surface area contributed by atoms with Gasteiger partial charge in [-0.05, 0) is 56.9 Å². The highest BCUT2D eigenvalue weighted by Crippen LogP contribution is 2.39. The van der Waals surface area contributed by atoms with E-state index >= 15 is 0 Å². The van der Waals surface area contributed by atoms with Crippen LogP contribution in [0, 0.1) is 0 Å². The smallest absolute Gasteiger partial charge is 0.259 e. The molecule has 3 aromatic carbocycles. The fraction of sp³-hybridized carbons (Fsp3) is 0.212. The van der Waals surface area contributed by atoms with E-state index in [2.05, 4.69) is 28.9 Å². The van der Waals surface area contributed by atoms with Gasteiger partial charge in [0.15, 0.2) is 0 Å². The number of fused-ring (bicyclic) bond motifs is 2. The third-order valence-corrected chi connectivity index (χ3v) is 7.47. The number of benzene rings is 3. The Morgan fingerprint density at radius 2 is 1.50 bits per heavy atom. The predicted molar refractivity (Wildman–Crippen MR) is 159 cm³/mol. The van der Waals surface area contributed by atoms with Gasteiger partial charge in [-0.1, -0.05) is 48.5 Å². The summed E-state index contributed by atoms with van der Waals surface area (Å²) < 4.78 is 10.3. The van der Waals surface area contributed by atoms with E-state index in [1.165, 1.54) is 0 Å². The predicted octanol–water partition coefficient (Wildman–Crippen LogP) is 5.23. The third-order valence-electron chi connectivity index (χ3n) is 7.47. The Morgan fingerprint density at radius 1 is 0.800 bits per heavy atom. The van der Waals surface area contributed by atoms with E-state index in [1.54, 1.807) is 0 Å². The van der Waals surface area contributed by atoms with Crippen LogP contribution in [0.1, 0.15) is 23.1 Å². The van der Waals surface area contributed by atoms with Crippen molar-refractivity contribution in [2.45, 2.75) is 19.6 Å². The zero-order valence-corrected chi connectivity index (χ0v) is 23.0. The summed E-state index contributed by atoms with van der Waals surface area (Å²) in [6.07, 6.45) is 4.89. The lowest BCUT2D eigenvalue weighted by Crippen LogP contribution is -2.22. The SMILES string of the molecule is CN(C)CCCn1cc(C2=C(c3cn(C)c4ccccc34)C(=O)NC2=O)c2cc(OCc3ccccc3)ccc21. The molecule has 0 spiro atoms. The van der Waals surface area contributed by atoms with Crippen molar-refractivity contribution in [1.82, 2.24) is 19.4 Å². The molecule has 3 heterocycles. The molecule has 40 heavy (non-hydrogen) atoms. The number of nitrogens with zero attached hydrogens (tertiary/aromatic N) is 3. The molecule has 1 aliphatic rings. The summed E-state index contributed by atoms with van der Waals surface area (Å²) in [5, 5.41) is 4.39. The van der Waals surface area contributed by atoms with Crippen LogP contribution < -0.4 is 10.1 Å². The van der Waals surface area contributed by atoms with Gasteiger partial charge in [-0.15, -0.1) is 0 Å². The maximum absolute atomic E-state index is 13.4. The molecule has 0 radical (unpaired) electrons. The average Bonchev–Trinajstić information content (AvgIpc) is 3.57. The number of aryl methyl sites for hydroxylation is 2. The van der Waals surface area contributed by atoms with Crippen molar-refractivity contribution in [3.63, 3.8) is 0 Å². The maximum atomic E-state index is 13.4. The number of imide groups is 1. The lowest BCUT2D eigenvalue weighted by Gasteiger charge is -2.11. The molecule has 7 nitrogen and oxygen atoms in total. The van der Waals surface area contributed by atoms with Crippen molar-refractivity contribution in [2.75, 3.05) is 20.6 Å². The van der Waals surface area contributed by atoms with Crippen molar-refractivity contribution in [3.8, 4) is 5.75 Å². The van der Waals surface area contributed by atoms with Crippen molar-refractivity contribution in [1.29, 1.82) is 0 Å². The van der Waals surface area contributed by atoms with Crippen LogP contribution in [0.4, 0.5) is 0 Å². The van der Waals surface area contributed by atoms with Gasteiger partial charge in [-0.3, -0.25) is 14.9 Å². The van der Waals surface area contributed by atoms with Crippen LogP contribution in [0.25, 0.3) is 33.0 Å². The van der Waals surface area contributed by atoms with E-state index in [4.69, 9.17) is 4.74 Å². The summed E-state index contributed by atoms with van der Waals surface area (Å²) >= 11 is 0. The standard InChI is InChI=1S/C33H32N4O3/c1-35(2)16-9-17-37-20-27(25-18-23(14-15-29(25)37)40-21-22-10-5-4-6-11-22)31-30(32(38)34-33(31)39)26-19-36(3)28-13-8-7-12-24(26)28/h4-8,10-15,18-20H,9,16-17,21H2,1-3H3,(H,34,38,39). The number of aromatic nitrogens is 2. The van der Waals surface area contributed by atoms with E-state index in [0.29, 0.717) is 23.5 Å². The molecule has 1 aliphatic heterocycles. The number of hydrogen-bond acceptors (Lipinski definition) is 4. The third kappa shape index (κ3) is 4.69. The molecule has 0 saturated heterocycles. The summed E-state index contributed by atoms with van der Waals surface area (Å²) in [5.41, 5.74) is 5.36. The van der Waals surface area contributed by atoms with Gasteiger partial charge in [0.1, 0.15) is 12.4 Å². The number of ether oxygens (including phenoxy) is 1. The number of amides is 2. The van der Waals surface area contributed by atoms with Gasteiger partial charge in [-0.2, -0.15) is 0 Å². The summed E-state index contributed by atoms with van der Waals surface area (Å²) in [6, 6.07) is 24.0. The first-order valence-corrected chi connectivity index (χ1v) is 13.5. The Hall–Kier alpha value is -4.62. The topological polar surface area (TPSA) is 68.5 Å². The van der Waals surface area contributed by atoms with E-state index < -0.39 is 0 Å². The molecule has 7 heteroatoms. The zero-order chi connectivity index (χ0) is 27.8. The van der Waals surface area contributed by atoms with Crippen molar-refractivity contribution >= 4 is 44.8 Å². The van der Waals surface area contributed by atoms with Crippen LogP contribution in [0.2, 0.25) is 0 Å². The summed E-state index contributed by atoms with van der Waals surface area (Å²) in [6.45, 7) is 2.16. The number of nitrogens with one attached hydrogen (secondary N) is 1. The Bertz CT molecular complexity index is 1780. The second-order valence-electron chi connectivity index (χ2n) is 10.6. The van der Waals surface area contributed by atoms with Gasteiger partial charge in [0.05, 0.1) is 11.1 Å². The van der Waals surface area contributed by atoms with Crippen molar-refractivity contribution in [2.24, 2.45) is 7.05 Å². The highest BCUT2D eigenvalue weighted by Gasteiger charge is 2.35. The number of carbonyl (C=O) groups is 2. The molecule has 0 atom stereocenters. The van der Waals surface area contributed by atoms with E-state index in [1.807, 2.05) is 96.8 Å². The average molecular weight is 533 g/mol. The van der Waals surface area contributed by atoms with E-state index in [9.17, 15) is 9.59 Å². The maximum Gasteiger partial charge on any atom is 0.259 e. The molecule has 5 aromatic rings. The first-order chi connectivity index (χ1) is 19.4. The number of hydrogen-bond donors (Lipinski definition) is 1. The minimum absolute atomic E-state index is 0.374. The quantitative estimate of drug-likeness (QED) is 0.264. The van der Waals surface area contributed by atoms with Crippen LogP contribution in [0.5, 0.6) is 5.75 Å². The fourth-order valence-corrected chi connectivity index (χ4v) is 5.56. The largest absolute Gasteiger partial charge is 0.489 e. The van der Waals surface area contributed by atoms with Gasteiger partial charge in [0.2, 0.25) is 0 Å². The Labute approximate surface area is 233 Å². The molecule has 2 amide bonds. The van der Waals surface area contributed by atoms with Gasteiger partial charge < -0.3 is 18.8 Å². The van der Waals surface area contributed by atoms with Crippen LogP contribution in [0.15, 0.2) is 85.2 Å². The van der Waals surface area contributed by atoms with Crippen molar-refractivity contribution in [3.05, 3.63) is 102 Å². The van der Waals surface area contributed by atoms with Gasteiger partial charge in [0.25, 0.3) is 11.8 Å². The number of carbonyl (C=O) groups excluding carboxylic acids is 2. The van der Waals surface area contributed by atoms with Gasteiger partial charge >= 0.3 is 0 Å². The van der Waals surface area contributed by atoms with Crippen LogP contribution >= 0.6 is 0 Å². The highest BCUT2D eigenvalue weighted by atomic mass is 16.5. The summed E-state index contributed by atoms with van der Waals surface area (Å²) in [7, 11) is 6.07. The van der Waals surface area contributed by atoms with E-state index in [0.717, 1.165) is 58.0 Å². The molecule has 0 unspecified atom stereocenters. The normalized spacial score (nSPS) is 13.7. The molecular weight excluding hydrogens is 500 g/mol. The Balaban J connectivity index is 1.50. The van der Waals surface area contributed by atoms with Gasteiger partial charge in [0, 0.05) is 58.9 Å². The molecule has 2 aromatic heterocycles. The minimum Gasteiger partial charge on any atom is -0.489 e. The molecule has 0 aliphatic carbocycles. The van der Waals surface area contributed by atoms with E-state index in [-0.39, 0.29) is 11.8 Å². The summed E-state index contributed by atoms with van der Waals surface area (Å²) in [4.78, 5) is 28.9. The monoisotopic (exact) mass is 532 g/mol.